The number of rotatable bonds is 3. The van der Waals surface area contributed by atoms with Crippen molar-refractivity contribution in [3.8, 4) is 0 Å². The van der Waals surface area contributed by atoms with E-state index in [9.17, 15) is 4.79 Å². The Labute approximate surface area is 145 Å². The van der Waals surface area contributed by atoms with Crippen LogP contribution in [0.5, 0.6) is 0 Å². The van der Waals surface area contributed by atoms with Gasteiger partial charge in [-0.3, -0.25) is 9.79 Å². The number of aliphatic imine (C=N–C) groups is 1. The summed E-state index contributed by atoms with van der Waals surface area (Å²) in [4.78, 5) is 25.9. The van der Waals surface area contributed by atoms with Crippen molar-refractivity contribution in [2.45, 2.75) is 45.1 Å². The van der Waals surface area contributed by atoms with E-state index in [2.05, 4.69) is 25.4 Å². The number of aryl methyl sites for hydroxylation is 1. The first-order valence-corrected chi connectivity index (χ1v) is 9.38. The van der Waals surface area contributed by atoms with Gasteiger partial charge < -0.3 is 14.3 Å². The summed E-state index contributed by atoms with van der Waals surface area (Å²) in [6, 6.07) is -0.0865. The molecule has 0 saturated carbocycles. The zero-order valence-corrected chi connectivity index (χ0v) is 14.6. The largest absolute Gasteiger partial charge is 0.337 e. The van der Waals surface area contributed by atoms with Crippen LogP contribution >= 0.6 is 11.8 Å². The van der Waals surface area contributed by atoms with E-state index in [0.717, 1.165) is 56.2 Å². The summed E-state index contributed by atoms with van der Waals surface area (Å²) in [5, 5.41) is 6.98. The number of hydrogen-bond acceptors (Lipinski definition) is 7. The Morgan fingerprint density at radius 1 is 1.38 bits per heavy atom. The van der Waals surface area contributed by atoms with Gasteiger partial charge in [-0.25, -0.2) is 0 Å². The molecule has 24 heavy (non-hydrogen) atoms. The molecule has 3 aliphatic heterocycles. The molecule has 4 heterocycles. The summed E-state index contributed by atoms with van der Waals surface area (Å²) in [5.41, 5.74) is 1.06. The maximum Gasteiger partial charge on any atom is 0.249 e. The Balaban J connectivity index is 1.48. The van der Waals surface area contributed by atoms with Gasteiger partial charge in [0, 0.05) is 25.3 Å². The molecule has 1 saturated heterocycles. The number of aromatic nitrogens is 2. The van der Waals surface area contributed by atoms with Gasteiger partial charge >= 0.3 is 0 Å². The number of fused-ring (bicyclic) bond motifs is 1. The molecule has 8 heteroatoms. The Bertz CT molecular complexity index is 698. The second-order valence-corrected chi connectivity index (χ2v) is 7.19. The van der Waals surface area contributed by atoms with E-state index in [-0.39, 0.29) is 11.9 Å². The molecule has 3 aliphatic rings. The standard InChI is InChI=1S/C16H21N5O2S/c1-11-18-15(23-19-11)13-5-2-3-7-21(13)14(22)9-12-10-24-16-17-6-4-8-20(12)16/h10,13H,2-9H2,1H3/t13-/m1/s1. The monoisotopic (exact) mass is 347 g/mol. The molecule has 1 aromatic rings. The van der Waals surface area contributed by atoms with Crippen molar-refractivity contribution in [1.29, 1.82) is 0 Å². The van der Waals surface area contributed by atoms with Gasteiger partial charge in [0.1, 0.15) is 6.04 Å². The van der Waals surface area contributed by atoms with Gasteiger partial charge in [0.2, 0.25) is 11.8 Å². The third-order valence-electron chi connectivity index (χ3n) is 4.65. The minimum absolute atomic E-state index is 0.0865. The zero-order valence-electron chi connectivity index (χ0n) is 13.8. The summed E-state index contributed by atoms with van der Waals surface area (Å²) < 4.78 is 5.34. The molecule has 0 N–H and O–H groups in total. The first-order chi connectivity index (χ1) is 11.7. The Kier molecular flexibility index (Phi) is 4.30. The van der Waals surface area contributed by atoms with Crippen LogP contribution in [0, 0.1) is 6.92 Å². The smallest absolute Gasteiger partial charge is 0.249 e. The summed E-state index contributed by atoms with van der Waals surface area (Å²) in [7, 11) is 0. The molecule has 0 radical (unpaired) electrons. The van der Waals surface area contributed by atoms with Gasteiger partial charge in [-0.1, -0.05) is 16.9 Å². The number of carbonyl (C=O) groups is 1. The summed E-state index contributed by atoms with van der Waals surface area (Å²) in [6.07, 6.45) is 4.45. The van der Waals surface area contributed by atoms with Crippen molar-refractivity contribution in [2.75, 3.05) is 19.6 Å². The quantitative estimate of drug-likeness (QED) is 0.836. The van der Waals surface area contributed by atoms with E-state index < -0.39 is 0 Å². The molecule has 1 atom stereocenters. The molecular formula is C16H21N5O2S. The molecule has 1 amide bonds. The Morgan fingerprint density at radius 2 is 2.29 bits per heavy atom. The number of likely N-dealkylation sites (tertiary alicyclic amines) is 1. The van der Waals surface area contributed by atoms with Crippen molar-refractivity contribution < 1.29 is 9.32 Å². The van der Waals surface area contributed by atoms with E-state index >= 15 is 0 Å². The van der Waals surface area contributed by atoms with Crippen LogP contribution in [0.3, 0.4) is 0 Å². The van der Waals surface area contributed by atoms with Crippen LogP contribution in [0.25, 0.3) is 0 Å². The molecule has 0 bridgehead atoms. The number of nitrogens with zero attached hydrogens (tertiary/aromatic N) is 5. The summed E-state index contributed by atoms with van der Waals surface area (Å²) >= 11 is 1.63. The minimum atomic E-state index is -0.0865. The van der Waals surface area contributed by atoms with E-state index in [1.165, 1.54) is 0 Å². The molecule has 0 spiro atoms. The fraction of sp³-hybridized carbons (Fsp3) is 0.625. The van der Waals surface area contributed by atoms with Crippen molar-refractivity contribution in [2.24, 2.45) is 4.99 Å². The predicted octanol–water partition coefficient (Wildman–Crippen LogP) is 2.47. The predicted molar refractivity (Wildman–Crippen MR) is 91.3 cm³/mol. The number of carbonyl (C=O) groups excluding carboxylic acids is 1. The van der Waals surface area contributed by atoms with Crippen LogP contribution < -0.4 is 0 Å². The van der Waals surface area contributed by atoms with Crippen LogP contribution in [-0.4, -0.2) is 50.6 Å². The molecule has 128 valence electrons. The Hall–Kier alpha value is -1.83. The topological polar surface area (TPSA) is 74.8 Å². The second-order valence-electron chi connectivity index (χ2n) is 6.35. The van der Waals surface area contributed by atoms with E-state index in [1.54, 1.807) is 18.7 Å². The molecule has 1 fully saturated rings. The molecule has 1 aromatic heterocycles. The third kappa shape index (κ3) is 2.94. The number of piperidine rings is 1. The first kappa shape index (κ1) is 15.7. The molecule has 0 aliphatic carbocycles. The fourth-order valence-electron chi connectivity index (χ4n) is 3.47. The van der Waals surface area contributed by atoms with Gasteiger partial charge in [0.15, 0.2) is 11.0 Å². The van der Waals surface area contributed by atoms with Crippen molar-refractivity contribution in [3.05, 3.63) is 22.8 Å². The molecule has 7 nitrogen and oxygen atoms in total. The highest BCUT2D eigenvalue weighted by atomic mass is 32.2. The van der Waals surface area contributed by atoms with Crippen molar-refractivity contribution in [1.82, 2.24) is 19.9 Å². The SMILES string of the molecule is Cc1noc([C@H]2CCCCN2C(=O)CC2=CSC3=NCCCN23)n1. The molecule has 4 rings (SSSR count). The summed E-state index contributed by atoms with van der Waals surface area (Å²) in [5.74, 6) is 1.32. The Morgan fingerprint density at radius 3 is 3.12 bits per heavy atom. The maximum atomic E-state index is 12.9. The van der Waals surface area contributed by atoms with Gasteiger partial charge in [-0.15, -0.1) is 0 Å². The fourth-order valence-corrected chi connectivity index (χ4v) is 4.42. The van der Waals surface area contributed by atoms with Crippen LogP contribution in [0.2, 0.25) is 0 Å². The van der Waals surface area contributed by atoms with Crippen molar-refractivity contribution in [3.63, 3.8) is 0 Å². The van der Waals surface area contributed by atoms with Gasteiger partial charge in [0.25, 0.3) is 0 Å². The normalized spacial score (nSPS) is 23.8. The van der Waals surface area contributed by atoms with E-state index in [1.807, 2.05) is 4.90 Å². The van der Waals surface area contributed by atoms with Gasteiger partial charge in [-0.05, 0) is 38.0 Å². The second kappa shape index (κ2) is 6.58. The van der Waals surface area contributed by atoms with Crippen LogP contribution in [0.15, 0.2) is 20.6 Å². The number of hydrogen-bond donors (Lipinski definition) is 0. The zero-order chi connectivity index (χ0) is 16.5. The average molecular weight is 347 g/mol. The van der Waals surface area contributed by atoms with Gasteiger partial charge in [0.05, 0.1) is 6.42 Å². The number of amides is 1. The molecule has 0 aromatic carbocycles. The molecular weight excluding hydrogens is 326 g/mol. The lowest BCUT2D eigenvalue weighted by Crippen LogP contribution is -2.40. The van der Waals surface area contributed by atoms with Crippen molar-refractivity contribution >= 4 is 22.8 Å². The van der Waals surface area contributed by atoms with E-state index in [4.69, 9.17) is 4.52 Å². The lowest BCUT2D eigenvalue weighted by Gasteiger charge is -2.34. The van der Waals surface area contributed by atoms with Crippen LogP contribution in [0.4, 0.5) is 0 Å². The number of thioether (sulfide) groups is 1. The first-order valence-electron chi connectivity index (χ1n) is 8.50. The van der Waals surface area contributed by atoms with Gasteiger partial charge in [-0.2, -0.15) is 4.98 Å². The summed E-state index contributed by atoms with van der Waals surface area (Å²) in [6.45, 7) is 4.40. The highest BCUT2D eigenvalue weighted by Crippen LogP contribution is 2.34. The van der Waals surface area contributed by atoms with E-state index in [0.29, 0.717) is 18.1 Å². The lowest BCUT2D eigenvalue weighted by atomic mass is 10.0. The number of amidine groups is 1. The van der Waals surface area contributed by atoms with Crippen LogP contribution in [0.1, 0.15) is 49.9 Å². The highest BCUT2D eigenvalue weighted by molar-refractivity contribution is 8.16. The average Bonchev–Trinajstić information content (AvgIpc) is 3.22. The maximum absolute atomic E-state index is 12.9. The lowest BCUT2D eigenvalue weighted by molar-refractivity contribution is -0.135. The third-order valence-corrected chi connectivity index (χ3v) is 5.60. The minimum Gasteiger partial charge on any atom is -0.337 e. The molecule has 0 unspecified atom stereocenters. The highest BCUT2D eigenvalue weighted by Gasteiger charge is 2.34. The van der Waals surface area contributed by atoms with Crippen LogP contribution in [-0.2, 0) is 4.79 Å².